The van der Waals surface area contributed by atoms with Gasteiger partial charge in [-0.3, -0.25) is 9.59 Å². The highest BCUT2D eigenvalue weighted by Crippen LogP contribution is 2.47. The molecule has 1 aliphatic rings. The van der Waals surface area contributed by atoms with Crippen molar-refractivity contribution in [1.82, 2.24) is 0 Å². The first-order chi connectivity index (χ1) is 47.7. The molecule has 28 heteroatoms. The number of carboxylic acid groups (broad SMARTS) is 2. The second-order valence-corrected chi connectivity index (χ2v) is 25.8. The fraction of sp³-hybridized carbons (Fsp3) is 0.250. The summed E-state index contributed by atoms with van der Waals surface area (Å²) in [6.07, 6.45) is 0. The van der Waals surface area contributed by atoms with E-state index in [-0.39, 0.29) is 162 Å². The second kappa shape index (κ2) is 31.0. The highest BCUT2D eigenvalue weighted by atomic mass is 35.5. The summed E-state index contributed by atoms with van der Waals surface area (Å²) in [5.74, 6) is -4.38. The maximum absolute atomic E-state index is 14.4. The van der Waals surface area contributed by atoms with Crippen molar-refractivity contribution in [2.45, 2.75) is 0 Å². The van der Waals surface area contributed by atoms with Crippen molar-refractivity contribution in [3.8, 4) is 68.2 Å². The summed E-state index contributed by atoms with van der Waals surface area (Å²) in [6.45, 7) is 2.53. The lowest BCUT2D eigenvalue weighted by Crippen LogP contribution is -2.33. The van der Waals surface area contributed by atoms with Crippen LogP contribution in [0.1, 0.15) is 41.4 Å². The molecule has 1 aliphatic heterocycles. The fourth-order valence-electron chi connectivity index (χ4n) is 11.3. The molecule has 1 saturated heterocycles. The number of rotatable bonds is 14. The number of anilines is 4. The lowest BCUT2D eigenvalue weighted by atomic mass is 9.92. The van der Waals surface area contributed by atoms with Crippen molar-refractivity contribution in [1.29, 1.82) is 0 Å². The number of hydrogen-bond donors (Lipinski definition) is 8. The van der Waals surface area contributed by atoms with Crippen LogP contribution in [0.15, 0.2) is 118 Å². The molecule has 2 aromatic heterocycles. The third-order valence-corrected chi connectivity index (χ3v) is 17.0. The Morgan fingerprint density at radius 3 is 1.36 bits per heavy atom. The zero-order chi connectivity index (χ0) is 72.0. The smallest absolute Gasteiger partial charge is 0.365 e. The van der Waals surface area contributed by atoms with Gasteiger partial charge in [0, 0.05) is 67.1 Å². The third kappa shape index (κ3) is 16.2. The van der Waals surface area contributed by atoms with Gasteiger partial charge in [0.15, 0.2) is 5.75 Å². The van der Waals surface area contributed by atoms with Crippen molar-refractivity contribution in [2.75, 3.05) is 143 Å². The molecule has 0 aliphatic carbocycles. The Morgan fingerprint density at radius 1 is 0.460 bits per heavy atom. The molecule has 522 valence electrons. The van der Waals surface area contributed by atoms with E-state index in [4.69, 9.17) is 88.4 Å². The average Bonchev–Trinajstić information content (AvgIpc) is 0.748. The molecule has 8 aromatic carbocycles. The van der Waals surface area contributed by atoms with Crippen molar-refractivity contribution in [2.24, 2.45) is 0 Å². The predicted molar refractivity (Wildman–Crippen MR) is 384 cm³/mol. The van der Waals surface area contributed by atoms with Crippen molar-refractivity contribution in [3.63, 3.8) is 0 Å². The first kappa shape index (κ1) is 72.7. The number of benzene rings is 8. The lowest BCUT2D eigenvalue weighted by molar-refractivity contribution is -0.849. The summed E-state index contributed by atoms with van der Waals surface area (Å²) < 4.78 is 54.9. The number of methoxy groups -OCH3 is 4. The molecule has 24 nitrogen and oxygen atoms in total. The Balaban J connectivity index is 0.00000209. The van der Waals surface area contributed by atoms with Gasteiger partial charge in [0.25, 0.3) is 11.8 Å². The average molecular weight is 1450 g/mol. The Morgan fingerprint density at radius 2 is 0.910 bits per heavy atom. The molecule has 0 saturated carbocycles. The Labute approximate surface area is 592 Å². The summed E-state index contributed by atoms with van der Waals surface area (Å²) in [4.78, 5) is 58.7. The number of aromatic hydroxyl groups is 4. The number of fused-ring (bicyclic) bond motifs is 4. The van der Waals surface area contributed by atoms with E-state index in [1.807, 2.05) is 9.80 Å². The fourth-order valence-corrected chi connectivity index (χ4v) is 11.9. The normalized spacial score (nSPS) is 13.4. The van der Waals surface area contributed by atoms with Gasteiger partial charge >= 0.3 is 34.3 Å². The Hall–Kier alpha value is -10.0. The molecule has 0 radical (unpaired) electrons. The summed E-state index contributed by atoms with van der Waals surface area (Å²) >= 11 is 25.5. The van der Waals surface area contributed by atoms with Gasteiger partial charge in [-0.15, -0.1) is 0 Å². The molecule has 0 atom stereocenters. The van der Waals surface area contributed by atoms with Gasteiger partial charge in [0.1, 0.15) is 40.2 Å². The summed E-state index contributed by atoms with van der Waals surface area (Å²) in [5, 5.41) is 70.1. The number of phenolic OH excluding ortho intramolecular Hbond substituents is 4. The molecule has 11 rings (SSSR count). The SMILES string of the molecule is COc1cc(NC(=O)c2ccc(-c3c4cc(Cl)c(O)cc4[o+]c4cc(O)c(Cl)cc34)cc2C(=O)O)c(OC)c(N2CCOCCOCCN(c3cc(OC)c(NC(=O)c4ccc(-c5c6cc(Cl)c(O)cc6[o+]c6cc(O)c(Cl)cc56)c(C(=O)O)c4)cc3OC)CCOCC2)c1.C[N+](C)(C)C. The zero-order valence-corrected chi connectivity index (χ0v) is 58.3. The number of hydrogen-bond acceptors (Lipinski definition) is 17. The second-order valence-electron chi connectivity index (χ2n) is 24.1. The highest BCUT2D eigenvalue weighted by Gasteiger charge is 2.31. The Bertz CT molecular complexity index is 4720. The maximum atomic E-state index is 14.4. The quantitative estimate of drug-likeness (QED) is 0.0285. The number of ether oxygens (including phenoxy) is 7. The van der Waals surface area contributed by atoms with E-state index < -0.39 is 23.8 Å². The molecule has 100 heavy (non-hydrogen) atoms. The van der Waals surface area contributed by atoms with Crippen molar-refractivity contribution in [3.05, 3.63) is 152 Å². The number of carboxylic acids is 2. The first-order valence-corrected chi connectivity index (χ1v) is 32.3. The maximum Gasteiger partial charge on any atom is 0.365 e. The molecular weight excluding hydrogens is 1380 g/mol. The van der Waals surface area contributed by atoms with Gasteiger partial charge in [-0.25, -0.2) is 18.4 Å². The molecule has 0 spiro atoms. The number of carbonyl (C=O) groups excluding carboxylic acids is 2. The number of halogens is 4. The van der Waals surface area contributed by atoms with E-state index in [2.05, 4.69) is 38.8 Å². The third-order valence-electron chi connectivity index (χ3n) is 15.8. The van der Waals surface area contributed by atoms with Crippen molar-refractivity contribution < 1.29 is 96.3 Å². The van der Waals surface area contributed by atoms with Crippen LogP contribution >= 0.6 is 46.4 Å². The van der Waals surface area contributed by atoms with E-state index in [1.54, 1.807) is 24.3 Å². The van der Waals surface area contributed by atoms with Crippen LogP contribution in [0.25, 0.3) is 66.1 Å². The van der Waals surface area contributed by atoms with Gasteiger partial charge in [0.2, 0.25) is 0 Å². The number of phenols is 4. The largest absolute Gasteiger partial charge is 0.506 e. The standard InChI is InChI=1S/C68H56Cl4N4O19.C4H12N/c1-87-35-21-49(74-66(82)37-8-5-33(19-39(37)68(85)86)62-40-23-44(69)52(77)29-56(40)94-57-30-53(78)45(70)24-41(57)62)64(90-4)51(22-35)76-11-14-91-13-9-75(10-15-92-17-18-93-16-12-76)50-28-60(88-2)48(27-61(50)89-3)73-65(81)34-6-7-36(38(20-34)67(83)84)63-42-25-46(71)54(79)31-58(42)95-59-32-55(80)47(72)26-43(59)63;1-5(2,3)4/h5-8,19-32H,9-18H2,1-4H3,(H6-2,73,74,77,78,79,80,81,82,83,84,85,86);1-4H3/q;+1/p+2. The minimum atomic E-state index is -1.43. The van der Waals surface area contributed by atoms with E-state index in [9.17, 15) is 49.8 Å². The number of nitrogens with one attached hydrogen (secondary N) is 2. The van der Waals surface area contributed by atoms with Crippen molar-refractivity contribution >= 4 is 137 Å². The van der Waals surface area contributed by atoms with Gasteiger partial charge in [-0.05, 0) is 59.7 Å². The molecule has 2 amide bonds. The van der Waals surface area contributed by atoms with Gasteiger partial charge < -0.3 is 88.7 Å². The van der Waals surface area contributed by atoms with Gasteiger partial charge in [-0.2, -0.15) is 0 Å². The molecule has 0 unspecified atom stereocenters. The van der Waals surface area contributed by atoms with E-state index >= 15 is 0 Å². The van der Waals surface area contributed by atoms with Crippen LogP contribution < -0.4 is 39.4 Å². The summed E-state index contributed by atoms with van der Waals surface area (Å²) in [6, 6.07) is 25.7. The molecule has 8 N–H and O–H groups in total. The van der Waals surface area contributed by atoms with E-state index in [0.29, 0.717) is 80.7 Å². The molecule has 10 aromatic rings. The van der Waals surface area contributed by atoms with Crippen LogP contribution in [0.4, 0.5) is 22.7 Å². The minimum Gasteiger partial charge on any atom is -0.506 e. The monoisotopic (exact) mass is 1450 g/mol. The molecule has 1 fully saturated rings. The minimum absolute atomic E-state index is 0.0179. The zero-order valence-electron chi connectivity index (χ0n) is 55.3. The van der Waals surface area contributed by atoms with E-state index in [0.717, 1.165) is 4.48 Å². The van der Waals surface area contributed by atoms with Gasteiger partial charge in [-0.1, -0.05) is 58.5 Å². The molecule has 3 heterocycles. The van der Waals surface area contributed by atoms with Crippen LogP contribution in [-0.4, -0.2) is 181 Å². The van der Waals surface area contributed by atoms with E-state index in [1.165, 1.54) is 113 Å². The number of amides is 2. The van der Waals surface area contributed by atoms with Crippen LogP contribution in [0.3, 0.4) is 0 Å². The number of nitrogens with zero attached hydrogens (tertiary/aromatic N) is 3. The number of aromatic carboxylic acids is 2. The van der Waals surface area contributed by atoms with Gasteiger partial charge in [0.05, 0.1) is 202 Å². The summed E-state index contributed by atoms with van der Waals surface area (Å²) in [5.41, 5.74) is 2.15. The molecular formula is C72H70Cl4N5O19+3. The topological polar surface area (TPSA) is 307 Å². The highest BCUT2D eigenvalue weighted by molar-refractivity contribution is 6.35. The number of carbonyl (C=O) groups is 4. The van der Waals surface area contributed by atoms with Crippen LogP contribution in [-0.2, 0) is 14.2 Å². The van der Waals surface area contributed by atoms with Crippen LogP contribution in [0.5, 0.6) is 46.0 Å². The lowest BCUT2D eigenvalue weighted by Gasteiger charge is -2.29. The summed E-state index contributed by atoms with van der Waals surface area (Å²) in [7, 11) is 14.3. The first-order valence-electron chi connectivity index (χ1n) is 30.8. The van der Waals surface area contributed by atoms with Crippen LogP contribution in [0.2, 0.25) is 20.1 Å². The Kier molecular flexibility index (Phi) is 22.6. The van der Waals surface area contributed by atoms with Crippen LogP contribution in [0, 0.1) is 0 Å². The predicted octanol–water partition coefficient (Wildman–Crippen LogP) is 14.5. The number of quaternary nitrogens is 1. The molecule has 0 bridgehead atoms.